The Kier molecular flexibility index (Phi) is 5.97. The van der Waals surface area contributed by atoms with Gasteiger partial charge in [-0.2, -0.15) is 0 Å². The summed E-state index contributed by atoms with van der Waals surface area (Å²) < 4.78 is 5.94. The summed E-state index contributed by atoms with van der Waals surface area (Å²) in [6, 6.07) is 14.5. The maximum Gasteiger partial charge on any atom is 0.261 e. The molecule has 1 amide bonds. The van der Waals surface area contributed by atoms with Gasteiger partial charge in [-0.1, -0.05) is 37.3 Å². The number of carbonyl (C=O) groups is 1. The molecule has 0 saturated heterocycles. The molecule has 2 aromatic carbocycles. The first kappa shape index (κ1) is 18.5. The highest BCUT2D eigenvalue weighted by molar-refractivity contribution is 5.81. The second-order valence-corrected chi connectivity index (χ2v) is 7.22. The van der Waals surface area contributed by atoms with E-state index in [1.165, 1.54) is 35.1 Å². The average molecular weight is 351 g/mol. The predicted molar refractivity (Wildman–Crippen MR) is 106 cm³/mol. The SMILES string of the molecule is CC[C@H](NC(=O)[C@@H](C)Oc1ccc2c(c1)CCCC2)c1ccccc1C. The summed E-state index contributed by atoms with van der Waals surface area (Å²) in [5, 5.41) is 3.14. The summed E-state index contributed by atoms with van der Waals surface area (Å²) in [5.41, 5.74) is 5.16. The van der Waals surface area contributed by atoms with E-state index in [-0.39, 0.29) is 11.9 Å². The molecule has 0 aromatic heterocycles. The van der Waals surface area contributed by atoms with Gasteiger partial charge in [-0.25, -0.2) is 0 Å². The van der Waals surface area contributed by atoms with Crippen molar-refractivity contribution in [3.8, 4) is 5.75 Å². The number of aryl methyl sites for hydroxylation is 3. The Labute approximate surface area is 156 Å². The van der Waals surface area contributed by atoms with Crippen molar-refractivity contribution >= 4 is 5.91 Å². The molecular weight excluding hydrogens is 322 g/mol. The monoisotopic (exact) mass is 351 g/mol. The molecule has 1 aliphatic rings. The Balaban J connectivity index is 1.65. The van der Waals surface area contributed by atoms with Gasteiger partial charge in [0.1, 0.15) is 5.75 Å². The lowest BCUT2D eigenvalue weighted by Crippen LogP contribution is -2.38. The lowest BCUT2D eigenvalue weighted by molar-refractivity contribution is -0.128. The first-order valence-electron chi connectivity index (χ1n) is 9.73. The first-order valence-corrected chi connectivity index (χ1v) is 9.73. The van der Waals surface area contributed by atoms with Gasteiger partial charge in [0.25, 0.3) is 5.91 Å². The van der Waals surface area contributed by atoms with E-state index in [1.807, 2.05) is 25.1 Å². The maximum absolute atomic E-state index is 12.7. The van der Waals surface area contributed by atoms with E-state index in [0.29, 0.717) is 0 Å². The fraction of sp³-hybridized carbons (Fsp3) is 0.435. The molecule has 0 spiro atoms. The number of benzene rings is 2. The van der Waals surface area contributed by atoms with Crippen LogP contribution < -0.4 is 10.1 Å². The van der Waals surface area contributed by atoms with Gasteiger partial charge in [-0.3, -0.25) is 4.79 Å². The van der Waals surface area contributed by atoms with Crippen LogP contribution in [-0.2, 0) is 17.6 Å². The van der Waals surface area contributed by atoms with Crippen LogP contribution in [0.1, 0.15) is 61.4 Å². The second kappa shape index (κ2) is 8.39. The fourth-order valence-electron chi connectivity index (χ4n) is 3.71. The van der Waals surface area contributed by atoms with Crippen LogP contribution in [-0.4, -0.2) is 12.0 Å². The summed E-state index contributed by atoms with van der Waals surface area (Å²) in [7, 11) is 0. The largest absolute Gasteiger partial charge is 0.481 e. The lowest BCUT2D eigenvalue weighted by Gasteiger charge is -2.23. The molecular formula is C23H29NO2. The van der Waals surface area contributed by atoms with Crippen LogP contribution >= 0.6 is 0 Å². The molecule has 138 valence electrons. The third kappa shape index (κ3) is 4.27. The molecule has 3 rings (SSSR count). The number of nitrogens with one attached hydrogen (secondary N) is 1. The Hall–Kier alpha value is -2.29. The lowest BCUT2D eigenvalue weighted by atomic mass is 9.92. The van der Waals surface area contributed by atoms with E-state index in [1.54, 1.807) is 0 Å². The summed E-state index contributed by atoms with van der Waals surface area (Å²) >= 11 is 0. The van der Waals surface area contributed by atoms with Crippen LogP contribution in [0.4, 0.5) is 0 Å². The molecule has 1 N–H and O–H groups in total. The molecule has 2 atom stereocenters. The van der Waals surface area contributed by atoms with Crippen LogP contribution in [0.5, 0.6) is 5.75 Å². The molecule has 0 unspecified atom stereocenters. The number of amides is 1. The summed E-state index contributed by atoms with van der Waals surface area (Å²) in [6.07, 6.45) is 5.10. The van der Waals surface area contributed by atoms with Crippen LogP contribution in [0.25, 0.3) is 0 Å². The van der Waals surface area contributed by atoms with E-state index in [2.05, 4.69) is 43.4 Å². The van der Waals surface area contributed by atoms with Crippen molar-refractivity contribution in [3.05, 3.63) is 64.7 Å². The summed E-state index contributed by atoms with van der Waals surface area (Å²) in [5.74, 6) is 0.718. The number of rotatable bonds is 6. The highest BCUT2D eigenvalue weighted by atomic mass is 16.5. The predicted octanol–water partition coefficient (Wildman–Crippen LogP) is 4.91. The molecule has 3 nitrogen and oxygen atoms in total. The zero-order valence-corrected chi connectivity index (χ0v) is 16.0. The fourth-order valence-corrected chi connectivity index (χ4v) is 3.71. The quantitative estimate of drug-likeness (QED) is 0.803. The summed E-state index contributed by atoms with van der Waals surface area (Å²) in [4.78, 5) is 12.7. The molecule has 1 aliphatic carbocycles. The van der Waals surface area contributed by atoms with E-state index in [9.17, 15) is 4.79 Å². The highest BCUT2D eigenvalue weighted by Gasteiger charge is 2.20. The second-order valence-electron chi connectivity index (χ2n) is 7.22. The third-order valence-corrected chi connectivity index (χ3v) is 5.29. The smallest absolute Gasteiger partial charge is 0.261 e. The van der Waals surface area contributed by atoms with E-state index < -0.39 is 6.10 Å². The third-order valence-electron chi connectivity index (χ3n) is 5.29. The van der Waals surface area contributed by atoms with Crippen LogP contribution in [0, 0.1) is 6.92 Å². The standard InChI is InChI=1S/C23H29NO2/c1-4-22(21-12-8-5-9-16(21)2)24-23(25)17(3)26-20-14-13-18-10-6-7-11-19(18)15-20/h5,8-9,12-15,17,22H,4,6-7,10-11H2,1-3H3,(H,24,25)/t17-,22+/m1/s1. The van der Waals surface area contributed by atoms with Crippen LogP contribution in [0.15, 0.2) is 42.5 Å². The maximum atomic E-state index is 12.7. The van der Waals surface area contributed by atoms with Crippen molar-refractivity contribution in [2.24, 2.45) is 0 Å². The minimum absolute atomic E-state index is 0.0123. The van der Waals surface area contributed by atoms with Gasteiger partial charge in [0.15, 0.2) is 6.10 Å². The molecule has 2 aromatic rings. The van der Waals surface area contributed by atoms with E-state index in [4.69, 9.17) is 4.74 Å². The first-order chi connectivity index (χ1) is 12.6. The topological polar surface area (TPSA) is 38.3 Å². The molecule has 0 radical (unpaired) electrons. The van der Waals surface area contributed by atoms with E-state index in [0.717, 1.165) is 25.0 Å². The van der Waals surface area contributed by atoms with Crippen molar-refractivity contribution in [3.63, 3.8) is 0 Å². The number of carbonyl (C=O) groups excluding carboxylic acids is 1. The Morgan fingerprint density at radius 3 is 2.58 bits per heavy atom. The van der Waals surface area contributed by atoms with Crippen LogP contribution in [0.2, 0.25) is 0 Å². The van der Waals surface area contributed by atoms with Gasteiger partial charge in [0, 0.05) is 0 Å². The van der Waals surface area contributed by atoms with Crippen molar-refractivity contribution in [2.45, 2.75) is 65.0 Å². The molecule has 3 heteroatoms. The average Bonchev–Trinajstić information content (AvgIpc) is 2.66. The molecule has 0 aliphatic heterocycles. The minimum atomic E-state index is -0.519. The van der Waals surface area contributed by atoms with Crippen molar-refractivity contribution < 1.29 is 9.53 Å². The zero-order valence-electron chi connectivity index (χ0n) is 16.0. The molecule has 26 heavy (non-hydrogen) atoms. The van der Waals surface area contributed by atoms with Crippen LogP contribution in [0.3, 0.4) is 0 Å². The minimum Gasteiger partial charge on any atom is -0.481 e. The molecule has 0 saturated carbocycles. The molecule has 0 fully saturated rings. The molecule has 0 heterocycles. The Morgan fingerprint density at radius 1 is 1.12 bits per heavy atom. The Morgan fingerprint density at radius 2 is 1.85 bits per heavy atom. The Bertz CT molecular complexity index is 769. The summed E-state index contributed by atoms with van der Waals surface area (Å²) in [6.45, 7) is 5.99. The van der Waals surface area contributed by atoms with Crippen molar-refractivity contribution in [1.29, 1.82) is 0 Å². The number of hydrogen-bond donors (Lipinski definition) is 1. The normalized spacial score (nSPS) is 15.7. The number of fused-ring (bicyclic) bond motifs is 1. The van der Waals surface area contributed by atoms with Gasteiger partial charge in [0.05, 0.1) is 6.04 Å². The van der Waals surface area contributed by atoms with Gasteiger partial charge in [-0.05, 0) is 80.3 Å². The van der Waals surface area contributed by atoms with Crippen molar-refractivity contribution in [2.75, 3.05) is 0 Å². The highest BCUT2D eigenvalue weighted by Crippen LogP contribution is 2.26. The number of ether oxygens (including phenoxy) is 1. The molecule has 0 bridgehead atoms. The van der Waals surface area contributed by atoms with Gasteiger partial charge in [-0.15, -0.1) is 0 Å². The zero-order chi connectivity index (χ0) is 18.5. The van der Waals surface area contributed by atoms with Crippen molar-refractivity contribution in [1.82, 2.24) is 5.32 Å². The van der Waals surface area contributed by atoms with E-state index >= 15 is 0 Å². The number of hydrogen-bond acceptors (Lipinski definition) is 2. The van der Waals surface area contributed by atoms with Gasteiger partial charge < -0.3 is 10.1 Å². The van der Waals surface area contributed by atoms with Gasteiger partial charge in [0.2, 0.25) is 0 Å². The van der Waals surface area contributed by atoms with Gasteiger partial charge >= 0.3 is 0 Å².